The lowest BCUT2D eigenvalue weighted by atomic mass is 10.0. The minimum atomic E-state index is -0.420. The third-order valence-electron chi connectivity index (χ3n) is 3.52. The fourth-order valence-corrected chi connectivity index (χ4v) is 2.33. The van der Waals surface area contributed by atoms with E-state index in [4.69, 9.17) is 9.47 Å². The van der Waals surface area contributed by atoms with Gasteiger partial charge in [-0.2, -0.15) is 5.26 Å². The van der Waals surface area contributed by atoms with Crippen molar-refractivity contribution in [2.75, 3.05) is 14.2 Å². The SMILES string of the molecule is CNC1(C#N)CCC(Oc2ccc(OC)cc2)C1. The van der Waals surface area contributed by atoms with Crippen LogP contribution < -0.4 is 14.8 Å². The number of ether oxygens (including phenoxy) is 2. The van der Waals surface area contributed by atoms with Crippen molar-refractivity contribution in [3.8, 4) is 17.6 Å². The van der Waals surface area contributed by atoms with Crippen molar-refractivity contribution in [3.63, 3.8) is 0 Å². The number of nitrogens with zero attached hydrogens (tertiary/aromatic N) is 1. The Morgan fingerprint density at radius 1 is 1.33 bits per heavy atom. The molecule has 0 spiro atoms. The minimum absolute atomic E-state index is 0.102. The van der Waals surface area contributed by atoms with Gasteiger partial charge in [0.15, 0.2) is 0 Å². The van der Waals surface area contributed by atoms with Gasteiger partial charge in [0.2, 0.25) is 0 Å². The molecule has 1 aliphatic carbocycles. The molecular formula is C14H18N2O2. The zero-order valence-electron chi connectivity index (χ0n) is 10.8. The van der Waals surface area contributed by atoms with Crippen LogP contribution in [0.2, 0.25) is 0 Å². The number of nitriles is 1. The summed E-state index contributed by atoms with van der Waals surface area (Å²) in [7, 11) is 3.47. The number of hydrogen-bond acceptors (Lipinski definition) is 4. The number of nitrogens with one attached hydrogen (secondary N) is 1. The van der Waals surface area contributed by atoms with Crippen molar-refractivity contribution in [1.82, 2.24) is 5.32 Å². The van der Waals surface area contributed by atoms with Crippen molar-refractivity contribution in [3.05, 3.63) is 24.3 Å². The Balaban J connectivity index is 1.97. The summed E-state index contributed by atoms with van der Waals surface area (Å²) >= 11 is 0. The van der Waals surface area contributed by atoms with Gasteiger partial charge in [0.1, 0.15) is 23.1 Å². The highest BCUT2D eigenvalue weighted by atomic mass is 16.5. The minimum Gasteiger partial charge on any atom is -0.497 e. The van der Waals surface area contributed by atoms with Gasteiger partial charge in [0, 0.05) is 6.42 Å². The maximum Gasteiger partial charge on any atom is 0.119 e. The van der Waals surface area contributed by atoms with Gasteiger partial charge in [0.05, 0.1) is 13.2 Å². The zero-order chi connectivity index (χ0) is 13.0. The van der Waals surface area contributed by atoms with Crippen LogP contribution in [0.1, 0.15) is 19.3 Å². The number of benzene rings is 1. The van der Waals surface area contributed by atoms with Crippen LogP contribution in [0.15, 0.2) is 24.3 Å². The highest BCUT2D eigenvalue weighted by molar-refractivity contribution is 5.31. The normalized spacial score (nSPS) is 26.6. The molecule has 1 aromatic rings. The third kappa shape index (κ3) is 2.57. The van der Waals surface area contributed by atoms with E-state index in [9.17, 15) is 5.26 Å². The van der Waals surface area contributed by atoms with Gasteiger partial charge in [0.25, 0.3) is 0 Å². The molecule has 1 fully saturated rings. The van der Waals surface area contributed by atoms with E-state index in [0.29, 0.717) is 0 Å². The van der Waals surface area contributed by atoms with E-state index < -0.39 is 5.54 Å². The molecule has 1 N–H and O–H groups in total. The van der Waals surface area contributed by atoms with Gasteiger partial charge < -0.3 is 14.8 Å². The van der Waals surface area contributed by atoms with Gasteiger partial charge in [-0.1, -0.05) is 0 Å². The smallest absolute Gasteiger partial charge is 0.119 e. The molecule has 18 heavy (non-hydrogen) atoms. The van der Waals surface area contributed by atoms with Crippen LogP contribution >= 0.6 is 0 Å². The second-order valence-electron chi connectivity index (χ2n) is 4.60. The summed E-state index contributed by atoms with van der Waals surface area (Å²) in [6.45, 7) is 0. The summed E-state index contributed by atoms with van der Waals surface area (Å²) in [5.74, 6) is 1.64. The van der Waals surface area contributed by atoms with Crippen molar-refractivity contribution in [1.29, 1.82) is 5.26 Å². The zero-order valence-corrected chi connectivity index (χ0v) is 10.8. The van der Waals surface area contributed by atoms with Crippen LogP contribution in [-0.2, 0) is 0 Å². The average molecular weight is 246 g/mol. The quantitative estimate of drug-likeness (QED) is 0.884. The van der Waals surface area contributed by atoms with Crippen molar-refractivity contribution in [2.24, 2.45) is 0 Å². The van der Waals surface area contributed by atoms with E-state index in [2.05, 4.69) is 11.4 Å². The first-order valence-electron chi connectivity index (χ1n) is 6.12. The highest BCUT2D eigenvalue weighted by Gasteiger charge is 2.39. The van der Waals surface area contributed by atoms with E-state index >= 15 is 0 Å². The van der Waals surface area contributed by atoms with Gasteiger partial charge in [-0.05, 0) is 44.2 Å². The van der Waals surface area contributed by atoms with Crippen LogP contribution in [0.3, 0.4) is 0 Å². The number of methoxy groups -OCH3 is 1. The molecule has 0 bridgehead atoms. The Bertz CT molecular complexity index is 438. The molecule has 0 aromatic heterocycles. The Labute approximate surface area is 108 Å². The topological polar surface area (TPSA) is 54.3 Å². The molecule has 1 saturated carbocycles. The molecule has 96 valence electrons. The molecule has 2 atom stereocenters. The Morgan fingerprint density at radius 2 is 2.00 bits per heavy atom. The van der Waals surface area contributed by atoms with Crippen molar-refractivity contribution < 1.29 is 9.47 Å². The first-order valence-corrected chi connectivity index (χ1v) is 6.12. The number of rotatable bonds is 4. The Morgan fingerprint density at radius 3 is 2.50 bits per heavy atom. The van der Waals surface area contributed by atoms with Crippen LogP contribution in [0.25, 0.3) is 0 Å². The molecule has 2 rings (SSSR count). The van der Waals surface area contributed by atoms with E-state index in [-0.39, 0.29) is 6.10 Å². The monoisotopic (exact) mass is 246 g/mol. The summed E-state index contributed by atoms with van der Waals surface area (Å²) in [5, 5.41) is 12.3. The van der Waals surface area contributed by atoms with E-state index in [1.54, 1.807) is 7.11 Å². The molecule has 0 radical (unpaired) electrons. The van der Waals surface area contributed by atoms with Gasteiger partial charge >= 0.3 is 0 Å². The first-order chi connectivity index (χ1) is 8.71. The number of hydrogen-bond donors (Lipinski definition) is 1. The van der Waals surface area contributed by atoms with E-state index in [0.717, 1.165) is 30.8 Å². The molecule has 0 aliphatic heterocycles. The maximum atomic E-state index is 9.18. The summed E-state index contributed by atoms with van der Waals surface area (Å²) < 4.78 is 11.0. The Kier molecular flexibility index (Phi) is 3.73. The second kappa shape index (κ2) is 5.28. The lowest BCUT2D eigenvalue weighted by Gasteiger charge is -2.20. The third-order valence-corrected chi connectivity index (χ3v) is 3.52. The van der Waals surface area contributed by atoms with Gasteiger partial charge in [-0.15, -0.1) is 0 Å². The standard InChI is InChI=1S/C14H18N2O2/c1-16-14(10-15)8-7-13(9-14)18-12-5-3-11(17-2)4-6-12/h3-6,13,16H,7-9H2,1-2H3. The molecule has 1 aromatic carbocycles. The van der Waals surface area contributed by atoms with Gasteiger partial charge in [-0.3, -0.25) is 0 Å². The maximum absolute atomic E-state index is 9.18. The first kappa shape index (κ1) is 12.7. The average Bonchev–Trinajstić information content (AvgIpc) is 2.84. The van der Waals surface area contributed by atoms with Crippen LogP contribution in [0, 0.1) is 11.3 Å². The molecule has 0 heterocycles. The molecule has 4 heteroatoms. The van der Waals surface area contributed by atoms with Crippen LogP contribution in [-0.4, -0.2) is 25.8 Å². The lowest BCUT2D eigenvalue weighted by Crippen LogP contribution is -2.39. The highest BCUT2D eigenvalue weighted by Crippen LogP contribution is 2.32. The molecule has 1 aliphatic rings. The van der Waals surface area contributed by atoms with E-state index in [1.165, 1.54) is 0 Å². The molecular weight excluding hydrogens is 228 g/mol. The summed E-state index contributed by atoms with van der Waals surface area (Å²) in [4.78, 5) is 0. The van der Waals surface area contributed by atoms with Crippen molar-refractivity contribution in [2.45, 2.75) is 30.9 Å². The largest absolute Gasteiger partial charge is 0.497 e. The second-order valence-corrected chi connectivity index (χ2v) is 4.60. The summed E-state index contributed by atoms with van der Waals surface area (Å²) in [6.07, 6.45) is 2.57. The van der Waals surface area contributed by atoms with E-state index in [1.807, 2.05) is 31.3 Å². The fraction of sp³-hybridized carbons (Fsp3) is 0.500. The lowest BCUT2D eigenvalue weighted by molar-refractivity contribution is 0.202. The summed E-state index contributed by atoms with van der Waals surface area (Å²) in [5.41, 5.74) is -0.420. The van der Waals surface area contributed by atoms with Crippen molar-refractivity contribution >= 4 is 0 Å². The Hall–Kier alpha value is -1.73. The predicted octanol–water partition coefficient (Wildman–Crippen LogP) is 2.11. The molecule has 0 saturated heterocycles. The van der Waals surface area contributed by atoms with Gasteiger partial charge in [-0.25, -0.2) is 0 Å². The molecule has 2 unspecified atom stereocenters. The molecule has 0 amide bonds. The van der Waals surface area contributed by atoms with Crippen LogP contribution in [0.4, 0.5) is 0 Å². The fourth-order valence-electron chi connectivity index (χ4n) is 2.33. The summed E-state index contributed by atoms with van der Waals surface area (Å²) in [6, 6.07) is 9.89. The molecule has 4 nitrogen and oxygen atoms in total. The van der Waals surface area contributed by atoms with Crippen LogP contribution in [0.5, 0.6) is 11.5 Å². The predicted molar refractivity (Wildman–Crippen MR) is 68.7 cm³/mol.